The van der Waals surface area contributed by atoms with Gasteiger partial charge in [-0.2, -0.15) is 0 Å². The third-order valence-corrected chi connectivity index (χ3v) is 5.49. The van der Waals surface area contributed by atoms with Gasteiger partial charge in [0.15, 0.2) is 0 Å². The van der Waals surface area contributed by atoms with Crippen LogP contribution in [0.15, 0.2) is 53.4 Å². The third kappa shape index (κ3) is 5.16. The zero-order valence-electron chi connectivity index (χ0n) is 16.5. The minimum atomic E-state index is -4.77. The number of benzene rings is 2. The molecule has 8 nitrogen and oxygen atoms in total. The van der Waals surface area contributed by atoms with Crippen LogP contribution in [0.4, 0.5) is 0 Å². The summed E-state index contributed by atoms with van der Waals surface area (Å²) in [7, 11) is -4.77. The standard InChI is InChI=1S/C20H19NO7S.Na/c1-13(21-19(23)14-8-2-3-9-15(14)20(21)24)7-6-12-18(22)28-16-10-4-5-11-17(16)29(25,26)27;/h2-5,8-11,13H,6-7,12H2,1H3,(H,25,26,27);/q;+1/p-1. The van der Waals surface area contributed by atoms with E-state index in [1.807, 2.05) is 0 Å². The average Bonchev–Trinajstić information content (AvgIpc) is 2.92. The second-order valence-electron chi connectivity index (χ2n) is 6.64. The first kappa shape index (κ1) is 24.2. The Kier molecular flexibility index (Phi) is 7.95. The molecule has 1 unspecified atom stereocenters. The van der Waals surface area contributed by atoms with Crippen LogP contribution in [0.3, 0.4) is 0 Å². The van der Waals surface area contributed by atoms with Crippen molar-refractivity contribution in [3.05, 3.63) is 59.7 Å². The second-order valence-corrected chi connectivity index (χ2v) is 7.99. The molecule has 30 heavy (non-hydrogen) atoms. The van der Waals surface area contributed by atoms with Gasteiger partial charge in [-0.1, -0.05) is 24.3 Å². The molecule has 0 saturated carbocycles. The molecule has 10 heteroatoms. The van der Waals surface area contributed by atoms with E-state index >= 15 is 0 Å². The van der Waals surface area contributed by atoms with Crippen molar-refractivity contribution in [3.8, 4) is 5.75 Å². The van der Waals surface area contributed by atoms with Crippen LogP contribution in [0.2, 0.25) is 0 Å². The van der Waals surface area contributed by atoms with E-state index in [9.17, 15) is 27.4 Å². The van der Waals surface area contributed by atoms with Crippen LogP contribution in [-0.2, 0) is 14.9 Å². The van der Waals surface area contributed by atoms with E-state index in [1.165, 1.54) is 23.1 Å². The first-order chi connectivity index (χ1) is 13.7. The number of rotatable bonds is 7. The van der Waals surface area contributed by atoms with E-state index < -0.39 is 27.0 Å². The number of para-hydroxylation sites is 1. The normalized spacial score (nSPS) is 14.1. The number of carbonyl (C=O) groups excluding carboxylic acids is 3. The molecule has 0 spiro atoms. The maximum atomic E-state index is 12.4. The van der Waals surface area contributed by atoms with Gasteiger partial charge in [0.05, 0.1) is 16.0 Å². The maximum Gasteiger partial charge on any atom is 1.00 e. The number of fused-ring (bicyclic) bond motifs is 1. The van der Waals surface area contributed by atoms with Gasteiger partial charge >= 0.3 is 35.5 Å². The Morgan fingerprint density at radius 1 is 1.03 bits per heavy atom. The third-order valence-electron chi connectivity index (χ3n) is 4.61. The van der Waals surface area contributed by atoms with Gasteiger partial charge in [0.25, 0.3) is 11.8 Å². The van der Waals surface area contributed by atoms with E-state index in [0.29, 0.717) is 24.0 Å². The van der Waals surface area contributed by atoms with Gasteiger partial charge in [-0.05, 0) is 44.0 Å². The molecule has 0 aliphatic carbocycles. The molecule has 1 aliphatic rings. The largest absolute Gasteiger partial charge is 1.00 e. The summed E-state index contributed by atoms with van der Waals surface area (Å²) in [6, 6.07) is 11.2. The Labute approximate surface area is 196 Å². The topological polar surface area (TPSA) is 121 Å². The molecule has 3 rings (SSSR count). The van der Waals surface area contributed by atoms with Crippen LogP contribution < -0.4 is 34.3 Å². The van der Waals surface area contributed by atoms with Gasteiger partial charge in [0, 0.05) is 12.5 Å². The van der Waals surface area contributed by atoms with Crippen molar-refractivity contribution in [2.45, 2.75) is 37.1 Å². The summed E-state index contributed by atoms with van der Waals surface area (Å²) in [4.78, 5) is 37.5. The van der Waals surface area contributed by atoms with Gasteiger partial charge in [-0.3, -0.25) is 19.3 Å². The number of hydrogen-bond acceptors (Lipinski definition) is 7. The predicted octanol–water partition coefficient (Wildman–Crippen LogP) is -0.645. The van der Waals surface area contributed by atoms with E-state index in [-0.39, 0.29) is 53.5 Å². The molecule has 2 aromatic carbocycles. The van der Waals surface area contributed by atoms with Crippen LogP contribution in [0.1, 0.15) is 46.9 Å². The molecule has 0 bridgehead atoms. The molecule has 2 amide bonds. The van der Waals surface area contributed by atoms with Gasteiger partial charge in [-0.15, -0.1) is 0 Å². The van der Waals surface area contributed by atoms with Gasteiger partial charge in [0.1, 0.15) is 15.9 Å². The van der Waals surface area contributed by atoms with E-state index in [1.54, 1.807) is 31.2 Å². The molecule has 152 valence electrons. The molecule has 0 radical (unpaired) electrons. The van der Waals surface area contributed by atoms with Crippen LogP contribution >= 0.6 is 0 Å². The Morgan fingerprint density at radius 2 is 1.57 bits per heavy atom. The van der Waals surface area contributed by atoms with Crippen molar-refractivity contribution in [2.24, 2.45) is 0 Å². The number of hydrogen-bond donors (Lipinski definition) is 0. The fourth-order valence-corrected chi connectivity index (χ4v) is 3.80. The van der Waals surface area contributed by atoms with Crippen molar-refractivity contribution < 1.29 is 61.6 Å². The molecule has 0 fully saturated rings. The minimum Gasteiger partial charge on any atom is -0.744 e. The summed E-state index contributed by atoms with van der Waals surface area (Å²) in [5, 5.41) is 0. The van der Waals surface area contributed by atoms with Crippen LogP contribution in [-0.4, -0.2) is 41.7 Å². The summed E-state index contributed by atoms with van der Waals surface area (Å²) < 4.78 is 38.7. The van der Waals surface area contributed by atoms with Crippen LogP contribution in [0, 0.1) is 0 Å². The predicted molar refractivity (Wildman–Crippen MR) is 100 cm³/mol. The van der Waals surface area contributed by atoms with Crippen LogP contribution in [0.25, 0.3) is 0 Å². The molecular formula is C20H18NNaO7S. The first-order valence-electron chi connectivity index (χ1n) is 8.92. The Balaban J connectivity index is 0.00000320. The van der Waals surface area contributed by atoms with Crippen molar-refractivity contribution in [2.75, 3.05) is 0 Å². The zero-order valence-corrected chi connectivity index (χ0v) is 19.3. The van der Waals surface area contributed by atoms with Gasteiger partial charge in [0.2, 0.25) is 0 Å². The number of ether oxygens (including phenoxy) is 1. The number of esters is 1. The van der Waals surface area contributed by atoms with Gasteiger partial charge < -0.3 is 9.29 Å². The van der Waals surface area contributed by atoms with E-state index in [4.69, 9.17) is 4.74 Å². The molecule has 1 aliphatic heterocycles. The number of carbonyl (C=O) groups is 3. The molecule has 0 aromatic heterocycles. The molecule has 0 N–H and O–H groups in total. The smallest absolute Gasteiger partial charge is 0.744 e. The van der Waals surface area contributed by atoms with E-state index in [2.05, 4.69) is 0 Å². The number of nitrogens with zero attached hydrogens (tertiary/aromatic N) is 1. The number of amides is 2. The summed E-state index contributed by atoms with van der Waals surface area (Å²) in [6.07, 6.45) is 0.600. The van der Waals surface area contributed by atoms with Crippen LogP contribution in [0.5, 0.6) is 5.75 Å². The van der Waals surface area contributed by atoms with Crippen molar-refractivity contribution in [1.29, 1.82) is 0 Å². The summed E-state index contributed by atoms with van der Waals surface area (Å²) >= 11 is 0. The van der Waals surface area contributed by atoms with Crippen molar-refractivity contribution in [1.82, 2.24) is 4.90 Å². The molecule has 0 saturated heterocycles. The molecular weight excluding hydrogens is 421 g/mol. The SMILES string of the molecule is CC(CCCC(=O)Oc1ccccc1S(=O)(=O)[O-])N1C(=O)c2ccccc2C1=O.[Na+]. The summed E-state index contributed by atoms with van der Waals surface area (Å²) in [5.74, 6) is -1.76. The fraction of sp³-hybridized carbons (Fsp3) is 0.250. The maximum absolute atomic E-state index is 12.4. The minimum absolute atomic E-state index is 0. The Hall–Kier alpha value is -2.04. The quantitative estimate of drug-likeness (QED) is 0.185. The van der Waals surface area contributed by atoms with Crippen molar-refractivity contribution >= 4 is 27.9 Å². The number of imide groups is 1. The monoisotopic (exact) mass is 439 g/mol. The van der Waals surface area contributed by atoms with Crippen molar-refractivity contribution in [3.63, 3.8) is 0 Å². The summed E-state index contributed by atoms with van der Waals surface area (Å²) in [5.41, 5.74) is 0.721. The Morgan fingerprint density at radius 3 is 2.13 bits per heavy atom. The Bertz CT molecular complexity index is 1050. The second kappa shape index (κ2) is 9.84. The zero-order chi connectivity index (χ0) is 21.2. The molecule has 2 aromatic rings. The van der Waals surface area contributed by atoms with Gasteiger partial charge in [-0.25, -0.2) is 8.42 Å². The first-order valence-corrected chi connectivity index (χ1v) is 10.3. The average molecular weight is 439 g/mol. The molecule has 1 atom stereocenters. The fourth-order valence-electron chi connectivity index (χ4n) is 3.19. The molecule has 1 heterocycles. The summed E-state index contributed by atoms with van der Waals surface area (Å²) in [6.45, 7) is 1.71. The van der Waals surface area contributed by atoms with E-state index in [0.717, 1.165) is 6.07 Å².